The lowest BCUT2D eigenvalue weighted by molar-refractivity contribution is -0.384. The molecule has 3 N–H and O–H groups in total. The normalized spacial score (nSPS) is 10.7. The predicted octanol–water partition coefficient (Wildman–Crippen LogP) is 2.26. The zero-order valence-corrected chi connectivity index (χ0v) is 12.9. The van der Waals surface area contributed by atoms with Crippen LogP contribution >= 0.6 is 0 Å². The molecule has 2 aromatic heterocycles. The van der Waals surface area contributed by atoms with Crippen LogP contribution in [0.4, 0.5) is 11.4 Å². The third kappa shape index (κ3) is 2.89. The van der Waals surface area contributed by atoms with Gasteiger partial charge in [0.15, 0.2) is 0 Å². The molecule has 0 aliphatic heterocycles. The van der Waals surface area contributed by atoms with Crippen molar-refractivity contribution in [3.8, 4) is 0 Å². The van der Waals surface area contributed by atoms with E-state index in [2.05, 4.69) is 10.3 Å². The van der Waals surface area contributed by atoms with Gasteiger partial charge in [-0.25, -0.2) is 4.98 Å². The molecule has 0 saturated carbocycles. The number of carbonyl (C=O) groups excluding carboxylic acids is 1. The summed E-state index contributed by atoms with van der Waals surface area (Å²) in [5.74, 6) is -0.730. The molecule has 3 aromatic rings. The average Bonchev–Trinajstić information content (AvgIpc) is 2.97. The number of benzene rings is 1. The number of non-ortho nitro benzene ring substituents is 1. The fourth-order valence-corrected chi connectivity index (χ4v) is 2.47. The van der Waals surface area contributed by atoms with E-state index in [1.807, 2.05) is 35.7 Å². The highest BCUT2D eigenvalue weighted by Crippen LogP contribution is 2.22. The van der Waals surface area contributed by atoms with Crippen molar-refractivity contribution in [2.75, 3.05) is 5.32 Å². The third-order valence-corrected chi connectivity index (χ3v) is 3.69. The van der Waals surface area contributed by atoms with Crippen molar-refractivity contribution in [3.63, 3.8) is 0 Å². The van der Waals surface area contributed by atoms with Crippen molar-refractivity contribution < 1.29 is 9.72 Å². The summed E-state index contributed by atoms with van der Waals surface area (Å²) in [4.78, 5) is 26.3. The van der Waals surface area contributed by atoms with Gasteiger partial charge in [-0.1, -0.05) is 6.07 Å². The molecule has 8 heteroatoms. The number of nitro benzene ring substituents is 1. The molecule has 3 rings (SSSR count). The van der Waals surface area contributed by atoms with Gasteiger partial charge in [0.05, 0.1) is 22.7 Å². The second-order valence-electron chi connectivity index (χ2n) is 5.33. The zero-order valence-electron chi connectivity index (χ0n) is 12.9. The number of nitrogens with zero attached hydrogens (tertiary/aromatic N) is 3. The van der Waals surface area contributed by atoms with Crippen molar-refractivity contribution in [3.05, 3.63) is 69.7 Å². The maximum Gasteiger partial charge on any atom is 0.270 e. The molecule has 1 aromatic carbocycles. The topological polar surface area (TPSA) is 116 Å². The molecule has 0 atom stereocenters. The lowest BCUT2D eigenvalue weighted by atomic mass is 10.1. The van der Waals surface area contributed by atoms with Crippen molar-refractivity contribution in [1.82, 2.24) is 9.38 Å². The fourth-order valence-electron chi connectivity index (χ4n) is 2.47. The van der Waals surface area contributed by atoms with E-state index in [9.17, 15) is 14.9 Å². The number of amides is 1. The Hall–Kier alpha value is -3.42. The van der Waals surface area contributed by atoms with E-state index in [0.29, 0.717) is 12.2 Å². The van der Waals surface area contributed by atoms with Crippen LogP contribution in [0.1, 0.15) is 21.7 Å². The van der Waals surface area contributed by atoms with Gasteiger partial charge < -0.3 is 15.5 Å². The van der Waals surface area contributed by atoms with Crippen LogP contribution in [0.15, 0.2) is 42.6 Å². The molecule has 0 aliphatic carbocycles. The van der Waals surface area contributed by atoms with E-state index in [4.69, 9.17) is 5.73 Å². The number of carbonyl (C=O) groups is 1. The molecule has 2 heterocycles. The van der Waals surface area contributed by atoms with Crippen LogP contribution in [0.2, 0.25) is 0 Å². The highest BCUT2D eigenvalue weighted by atomic mass is 16.6. The molecular formula is C16H15N5O3. The lowest BCUT2D eigenvalue weighted by Gasteiger charge is -2.08. The number of nitrogens with one attached hydrogen (secondary N) is 1. The number of fused-ring (bicyclic) bond motifs is 1. The summed E-state index contributed by atoms with van der Waals surface area (Å²) in [6, 6.07) is 9.77. The number of aromatic nitrogens is 2. The van der Waals surface area contributed by atoms with Crippen molar-refractivity contribution in [2.45, 2.75) is 13.5 Å². The van der Waals surface area contributed by atoms with E-state index in [-0.39, 0.29) is 11.3 Å². The van der Waals surface area contributed by atoms with E-state index < -0.39 is 10.8 Å². The maximum atomic E-state index is 11.5. The van der Waals surface area contributed by atoms with Crippen LogP contribution in [-0.4, -0.2) is 20.2 Å². The Kier molecular flexibility index (Phi) is 3.87. The van der Waals surface area contributed by atoms with Crippen molar-refractivity contribution in [1.29, 1.82) is 0 Å². The number of rotatable bonds is 5. The van der Waals surface area contributed by atoms with E-state index in [0.717, 1.165) is 17.0 Å². The Bertz CT molecular complexity index is 948. The van der Waals surface area contributed by atoms with Crippen molar-refractivity contribution in [2.24, 2.45) is 5.73 Å². The molecule has 0 saturated heterocycles. The number of imidazole rings is 1. The quantitative estimate of drug-likeness (QED) is 0.551. The van der Waals surface area contributed by atoms with Gasteiger partial charge in [0.2, 0.25) is 0 Å². The first-order valence-electron chi connectivity index (χ1n) is 7.21. The molecule has 122 valence electrons. The number of hydrogen-bond acceptors (Lipinski definition) is 5. The largest absolute Gasteiger partial charge is 0.379 e. The van der Waals surface area contributed by atoms with Gasteiger partial charge in [0.1, 0.15) is 5.65 Å². The average molecular weight is 325 g/mol. The minimum Gasteiger partial charge on any atom is -0.379 e. The number of anilines is 1. The Balaban J connectivity index is 1.86. The fraction of sp³-hybridized carbons (Fsp3) is 0.125. The Morgan fingerprint density at radius 2 is 2.17 bits per heavy atom. The number of hydrogen-bond donors (Lipinski definition) is 2. The Morgan fingerprint density at radius 1 is 1.38 bits per heavy atom. The third-order valence-electron chi connectivity index (χ3n) is 3.69. The van der Waals surface area contributed by atoms with Crippen LogP contribution in [0.25, 0.3) is 5.65 Å². The highest BCUT2D eigenvalue weighted by molar-refractivity contribution is 5.99. The molecule has 0 bridgehead atoms. The maximum absolute atomic E-state index is 11.5. The van der Waals surface area contributed by atoms with Gasteiger partial charge in [-0.3, -0.25) is 14.9 Å². The van der Waals surface area contributed by atoms with Crippen LogP contribution in [0.5, 0.6) is 0 Å². The molecule has 8 nitrogen and oxygen atoms in total. The van der Waals surface area contributed by atoms with Gasteiger partial charge >= 0.3 is 0 Å². The molecule has 0 fully saturated rings. The first-order chi connectivity index (χ1) is 11.5. The summed E-state index contributed by atoms with van der Waals surface area (Å²) in [5.41, 5.74) is 8.29. The number of nitro groups is 1. The molecular weight excluding hydrogens is 310 g/mol. The van der Waals surface area contributed by atoms with Gasteiger partial charge in [0.25, 0.3) is 11.6 Å². The summed E-state index contributed by atoms with van der Waals surface area (Å²) in [6.45, 7) is 2.34. The van der Waals surface area contributed by atoms with Crippen LogP contribution < -0.4 is 11.1 Å². The second-order valence-corrected chi connectivity index (χ2v) is 5.33. The standard InChI is InChI=1S/C16H15N5O3/c1-10-3-2-4-15-19-11(9-20(10)15)8-18-14-6-5-12(21(23)24)7-13(14)16(17)22/h2-7,9,18H,8H2,1H3,(H2,17,22). The summed E-state index contributed by atoms with van der Waals surface area (Å²) in [7, 11) is 0. The number of aryl methyl sites for hydroxylation is 1. The van der Waals surface area contributed by atoms with E-state index in [1.165, 1.54) is 18.2 Å². The molecule has 1 amide bonds. The van der Waals surface area contributed by atoms with Crippen LogP contribution in [-0.2, 0) is 6.54 Å². The summed E-state index contributed by atoms with van der Waals surface area (Å²) >= 11 is 0. The Morgan fingerprint density at radius 3 is 2.83 bits per heavy atom. The highest BCUT2D eigenvalue weighted by Gasteiger charge is 2.15. The monoisotopic (exact) mass is 325 g/mol. The van der Waals surface area contributed by atoms with Crippen LogP contribution in [0, 0.1) is 17.0 Å². The van der Waals surface area contributed by atoms with Gasteiger partial charge in [0, 0.05) is 29.7 Å². The summed E-state index contributed by atoms with van der Waals surface area (Å²) < 4.78 is 1.96. The SMILES string of the molecule is Cc1cccc2nc(CNc3ccc([N+](=O)[O-])cc3C(N)=O)cn12. The second kappa shape index (κ2) is 5.99. The first-order valence-corrected chi connectivity index (χ1v) is 7.21. The van der Waals surface area contributed by atoms with Gasteiger partial charge in [-0.05, 0) is 25.1 Å². The number of primary amides is 1. The Labute approximate surface area is 137 Å². The summed E-state index contributed by atoms with van der Waals surface area (Å²) in [6.07, 6.45) is 1.90. The molecule has 0 aliphatic rings. The predicted molar refractivity (Wildman–Crippen MR) is 88.9 cm³/mol. The van der Waals surface area contributed by atoms with Gasteiger partial charge in [-0.2, -0.15) is 0 Å². The number of nitrogens with two attached hydrogens (primary N) is 1. The molecule has 0 unspecified atom stereocenters. The van der Waals surface area contributed by atoms with Gasteiger partial charge in [-0.15, -0.1) is 0 Å². The lowest BCUT2D eigenvalue weighted by Crippen LogP contribution is -2.15. The smallest absolute Gasteiger partial charge is 0.270 e. The zero-order chi connectivity index (χ0) is 17.3. The van der Waals surface area contributed by atoms with Crippen molar-refractivity contribution >= 4 is 22.9 Å². The first kappa shape index (κ1) is 15.5. The number of pyridine rings is 1. The van der Waals surface area contributed by atoms with E-state index >= 15 is 0 Å². The molecule has 0 radical (unpaired) electrons. The van der Waals surface area contributed by atoms with Crippen LogP contribution in [0.3, 0.4) is 0 Å². The summed E-state index contributed by atoms with van der Waals surface area (Å²) in [5, 5.41) is 13.9. The molecule has 24 heavy (non-hydrogen) atoms. The molecule has 0 spiro atoms. The minimum atomic E-state index is -0.730. The van der Waals surface area contributed by atoms with E-state index in [1.54, 1.807) is 0 Å². The minimum absolute atomic E-state index is 0.0733.